The third kappa shape index (κ3) is 8.84. The van der Waals surface area contributed by atoms with Crippen LogP contribution in [0.15, 0.2) is 12.2 Å². The molecule has 0 aromatic heterocycles. The number of unbranched alkanes of at least 4 members (excludes halogenated alkanes) is 4. The molecule has 0 aromatic rings. The number of aliphatic hydroxyl groups excluding tert-OH is 3. The number of hydrogen-bond acceptors (Lipinski definition) is 4. The van der Waals surface area contributed by atoms with Crippen LogP contribution in [0.5, 0.6) is 0 Å². The van der Waals surface area contributed by atoms with Gasteiger partial charge in [-0.2, -0.15) is 0 Å². The minimum atomic E-state index is -0.795. The Kier molecular flexibility index (Phi) is 11.3. The van der Waals surface area contributed by atoms with E-state index < -0.39 is 24.3 Å². The lowest BCUT2D eigenvalue weighted by Gasteiger charge is -2.17. The molecular weight excluding hydrogens is 332 g/mol. The summed E-state index contributed by atoms with van der Waals surface area (Å²) in [5.41, 5.74) is 0. The predicted molar refractivity (Wildman–Crippen MR) is 101 cm³/mol. The molecule has 26 heavy (non-hydrogen) atoms. The lowest BCUT2D eigenvalue weighted by molar-refractivity contribution is -0.137. The summed E-state index contributed by atoms with van der Waals surface area (Å²) in [4.78, 5) is 10.5. The van der Waals surface area contributed by atoms with Crippen LogP contribution >= 0.6 is 0 Å². The van der Waals surface area contributed by atoms with Gasteiger partial charge >= 0.3 is 5.97 Å². The minimum absolute atomic E-state index is 0.152. The van der Waals surface area contributed by atoms with Crippen LogP contribution in [0.25, 0.3) is 0 Å². The maximum absolute atomic E-state index is 10.5. The summed E-state index contributed by atoms with van der Waals surface area (Å²) in [6, 6.07) is 0. The van der Waals surface area contributed by atoms with Gasteiger partial charge in [-0.05, 0) is 32.1 Å². The Labute approximate surface area is 157 Å². The highest BCUT2D eigenvalue weighted by atomic mass is 16.4. The smallest absolute Gasteiger partial charge is 0.303 e. The molecule has 0 aliphatic heterocycles. The van der Waals surface area contributed by atoms with Crippen LogP contribution in [0.3, 0.4) is 0 Å². The molecule has 0 radical (unpaired) electrons. The average Bonchev–Trinajstić information content (AvgIpc) is 2.85. The molecule has 5 heteroatoms. The van der Waals surface area contributed by atoms with E-state index in [2.05, 4.69) is 18.8 Å². The molecule has 1 fully saturated rings. The number of carboxylic acid groups (broad SMARTS) is 1. The van der Waals surface area contributed by atoms with Crippen molar-refractivity contribution in [1.29, 1.82) is 0 Å². The zero-order chi connectivity index (χ0) is 19.4. The van der Waals surface area contributed by atoms with Crippen molar-refractivity contribution in [1.82, 2.24) is 0 Å². The number of carbonyl (C=O) groups is 1. The molecule has 1 aliphatic carbocycles. The van der Waals surface area contributed by atoms with Crippen molar-refractivity contribution in [2.45, 2.75) is 89.4 Å². The van der Waals surface area contributed by atoms with E-state index in [1.807, 2.05) is 12.2 Å². The van der Waals surface area contributed by atoms with Crippen molar-refractivity contribution in [3.05, 3.63) is 12.2 Å². The van der Waals surface area contributed by atoms with E-state index in [0.29, 0.717) is 32.1 Å². The van der Waals surface area contributed by atoms with Crippen LogP contribution in [0.1, 0.15) is 71.1 Å². The molecule has 5 nitrogen and oxygen atoms in total. The van der Waals surface area contributed by atoms with Crippen LogP contribution in [0.4, 0.5) is 0 Å². The Balaban J connectivity index is 2.47. The first-order valence-corrected chi connectivity index (χ1v) is 9.87. The van der Waals surface area contributed by atoms with E-state index in [-0.39, 0.29) is 18.3 Å². The summed E-state index contributed by atoms with van der Waals surface area (Å²) in [7, 11) is 0. The van der Waals surface area contributed by atoms with Crippen molar-refractivity contribution in [2.24, 2.45) is 11.8 Å². The van der Waals surface area contributed by atoms with Crippen molar-refractivity contribution < 1.29 is 25.2 Å². The van der Waals surface area contributed by atoms with Crippen LogP contribution in [0, 0.1) is 23.7 Å². The highest BCUT2D eigenvalue weighted by molar-refractivity contribution is 5.66. The SMILES string of the molecule is CCCCCC[C@H](O)C#C[C@@H]1[C@@H](C/C=C\CCCC(=O)O)[C@@H](O)C[C@H]1O. The Morgan fingerprint density at radius 3 is 2.62 bits per heavy atom. The first-order valence-electron chi connectivity index (χ1n) is 9.87. The number of aliphatic hydroxyl groups is 3. The summed E-state index contributed by atoms with van der Waals surface area (Å²) in [6.07, 6.45) is 9.24. The summed E-state index contributed by atoms with van der Waals surface area (Å²) < 4.78 is 0. The molecule has 0 unspecified atom stereocenters. The fourth-order valence-electron chi connectivity index (χ4n) is 3.37. The van der Waals surface area contributed by atoms with E-state index in [0.717, 1.165) is 25.7 Å². The largest absolute Gasteiger partial charge is 0.481 e. The highest BCUT2D eigenvalue weighted by Gasteiger charge is 2.40. The summed E-state index contributed by atoms with van der Waals surface area (Å²) >= 11 is 0. The minimum Gasteiger partial charge on any atom is -0.481 e. The fourth-order valence-corrected chi connectivity index (χ4v) is 3.37. The number of allylic oxidation sites excluding steroid dienone is 2. The molecular formula is C21H34O5. The van der Waals surface area contributed by atoms with Gasteiger partial charge in [-0.25, -0.2) is 0 Å². The molecule has 1 saturated carbocycles. The fraction of sp³-hybridized carbons (Fsp3) is 0.762. The van der Waals surface area contributed by atoms with Crippen molar-refractivity contribution >= 4 is 5.97 Å². The Bertz CT molecular complexity index is 490. The molecule has 0 aromatic carbocycles. The average molecular weight is 366 g/mol. The van der Waals surface area contributed by atoms with Crippen LogP contribution in [-0.2, 0) is 4.79 Å². The number of hydrogen-bond donors (Lipinski definition) is 4. The molecule has 5 atom stereocenters. The number of rotatable bonds is 11. The normalized spacial score (nSPS) is 26.6. The second kappa shape index (κ2) is 12.9. The van der Waals surface area contributed by atoms with Gasteiger partial charge in [-0.15, -0.1) is 0 Å². The third-order valence-corrected chi connectivity index (χ3v) is 4.94. The Hall–Kier alpha value is -1.35. The van der Waals surface area contributed by atoms with Gasteiger partial charge in [0.2, 0.25) is 0 Å². The van der Waals surface area contributed by atoms with Gasteiger partial charge in [0.25, 0.3) is 0 Å². The molecule has 4 N–H and O–H groups in total. The number of carboxylic acids is 1. The van der Waals surface area contributed by atoms with Crippen molar-refractivity contribution in [2.75, 3.05) is 0 Å². The molecule has 0 heterocycles. The summed E-state index contributed by atoms with van der Waals surface area (Å²) in [6.45, 7) is 2.14. The van der Waals surface area contributed by atoms with Crippen LogP contribution in [0.2, 0.25) is 0 Å². The van der Waals surface area contributed by atoms with Gasteiger partial charge in [-0.1, -0.05) is 50.2 Å². The second-order valence-corrected chi connectivity index (χ2v) is 7.21. The molecule has 0 bridgehead atoms. The van der Waals surface area contributed by atoms with Crippen LogP contribution < -0.4 is 0 Å². The van der Waals surface area contributed by atoms with E-state index in [1.165, 1.54) is 0 Å². The predicted octanol–water partition coefficient (Wildman–Crippen LogP) is 2.88. The standard InChI is InChI=1S/C21H34O5/c1-2-3-4-7-10-16(22)13-14-18-17(19(23)15-20(18)24)11-8-5-6-9-12-21(25)26/h5,8,16-20,22-24H,2-4,6-7,9-12,15H2,1H3,(H,25,26)/b8-5-/t16-,17+,18+,19-,20+/m0/s1. The van der Waals surface area contributed by atoms with E-state index in [4.69, 9.17) is 5.11 Å². The molecule has 148 valence electrons. The molecule has 0 amide bonds. The monoisotopic (exact) mass is 366 g/mol. The van der Waals surface area contributed by atoms with Gasteiger partial charge in [0, 0.05) is 18.8 Å². The molecule has 1 rings (SSSR count). The first-order chi connectivity index (χ1) is 12.5. The van der Waals surface area contributed by atoms with Crippen molar-refractivity contribution in [3.8, 4) is 11.8 Å². The maximum atomic E-state index is 10.5. The molecule has 0 saturated heterocycles. The maximum Gasteiger partial charge on any atom is 0.303 e. The lowest BCUT2D eigenvalue weighted by atomic mass is 9.90. The van der Waals surface area contributed by atoms with Crippen molar-refractivity contribution in [3.63, 3.8) is 0 Å². The Morgan fingerprint density at radius 2 is 1.92 bits per heavy atom. The number of aliphatic carboxylic acids is 1. The third-order valence-electron chi connectivity index (χ3n) is 4.94. The van der Waals surface area contributed by atoms with E-state index in [9.17, 15) is 20.1 Å². The summed E-state index contributed by atoms with van der Waals surface area (Å²) in [5.74, 6) is 4.57. The molecule has 0 spiro atoms. The zero-order valence-corrected chi connectivity index (χ0v) is 15.8. The zero-order valence-electron chi connectivity index (χ0n) is 15.8. The quantitative estimate of drug-likeness (QED) is 0.256. The van der Waals surface area contributed by atoms with Gasteiger partial charge in [0.1, 0.15) is 6.10 Å². The van der Waals surface area contributed by atoms with Gasteiger partial charge in [0.15, 0.2) is 0 Å². The Morgan fingerprint density at radius 1 is 1.15 bits per heavy atom. The topological polar surface area (TPSA) is 98.0 Å². The summed E-state index contributed by atoms with van der Waals surface area (Å²) in [5, 5.41) is 38.9. The van der Waals surface area contributed by atoms with E-state index in [1.54, 1.807) is 0 Å². The first kappa shape index (κ1) is 22.7. The van der Waals surface area contributed by atoms with Gasteiger partial charge < -0.3 is 20.4 Å². The lowest BCUT2D eigenvalue weighted by Crippen LogP contribution is -2.20. The molecule has 1 aliphatic rings. The van der Waals surface area contributed by atoms with E-state index >= 15 is 0 Å². The van der Waals surface area contributed by atoms with Gasteiger partial charge in [-0.3, -0.25) is 4.79 Å². The van der Waals surface area contributed by atoms with Gasteiger partial charge in [0.05, 0.1) is 18.1 Å². The van der Waals surface area contributed by atoms with Crippen LogP contribution in [-0.4, -0.2) is 44.7 Å². The second-order valence-electron chi connectivity index (χ2n) is 7.21. The highest BCUT2D eigenvalue weighted by Crippen LogP contribution is 2.35.